The molecule has 224 valence electrons. The van der Waals surface area contributed by atoms with Crippen molar-refractivity contribution in [3.05, 3.63) is 101 Å². The molecule has 0 fully saturated rings. The molecule has 1 aliphatic heterocycles. The van der Waals surface area contributed by atoms with Crippen molar-refractivity contribution in [2.45, 2.75) is 69.2 Å². The minimum absolute atomic E-state index is 0.0248. The Kier molecular flexibility index (Phi) is 9.93. The number of anilines is 1. The first-order chi connectivity index (χ1) is 20.0. The number of cyclic esters (lactones) is 1. The Morgan fingerprint density at radius 1 is 1.02 bits per heavy atom. The number of aryl methyl sites for hydroxylation is 2. The Hall–Kier alpha value is -3.86. The van der Waals surface area contributed by atoms with Crippen LogP contribution in [0.5, 0.6) is 0 Å². The number of halogens is 3. The number of nitrogens with zero attached hydrogens (tertiary/aromatic N) is 1. The van der Waals surface area contributed by atoms with Gasteiger partial charge >= 0.3 is 12.1 Å². The normalized spacial score (nSPS) is 16.7. The maximum atomic E-state index is 12.8. The topological polar surface area (TPSA) is 106 Å². The summed E-state index contributed by atoms with van der Waals surface area (Å²) in [5.74, 6) is -0.405. The number of esters is 1. The summed E-state index contributed by atoms with van der Waals surface area (Å²) in [6.07, 6.45) is -0.802. The fourth-order valence-corrected chi connectivity index (χ4v) is 6.07. The third-order valence-corrected chi connectivity index (χ3v) is 8.70. The van der Waals surface area contributed by atoms with Gasteiger partial charge in [0.15, 0.2) is 5.03 Å². The zero-order valence-electron chi connectivity index (χ0n) is 23.1. The molecule has 0 saturated carbocycles. The summed E-state index contributed by atoms with van der Waals surface area (Å²) in [6.45, 7) is 2.04. The second-order valence-electron chi connectivity index (χ2n) is 10.3. The molecule has 11 heteroatoms. The lowest BCUT2D eigenvalue weighted by molar-refractivity contribution is -0.150. The quantitative estimate of drug-likeness (QED) is 0.216. The van der Waals surface area contributed by atoms with E-state index >= 15 is 0 Å². The number of alkyl halides is 3. The maximum Gasteiger partial charge on any atom is 0.417 e. The molecule has 2 aromatic carbocycles. The monoisotopic (exact) mass is 602 g/mol. The Balaban J connectivity index is 1.36. The van der Waals surface area contributed by atoms with E-state index in [0.717, 1.165) is 25.3 Å². The van der Waals surface area contributed by atoms with Crippen molar-refractivity contribution in [1.29, 1.82) is 0 Å². The summed E-state index contributed by atoms with van der Waals surface area (Å²) >= 11 is 0. The molecule has 0 bridgehead atoms. The number of hydrogen-bond acceptors (Lipinski definition) is 6. The van der Waals surface area contributed by atoms with Gasteiger partial charge in [0.05, 0.1) is 16.8 Å². The van der Waals surface area contributed by atoms with E-state index in [1.165, 1.54) is 11.6 Å². The van der Waals surface area contributed by atoms with Gasteiger partial charge in [-0.15, -0.1) is 0 Å². The summed E-state index contributed by atoms with van der Waals surface area (Å²) in [5.41, 5.74) is 1.23. The number of carbonyl (C=O) groups excluding carboxylic acids is 1. The molecule has 1 unspecified atom stereocenters. The molecule has 4 rings (SSSR count). The highest BCUT2D eigenvalue weighted by Crippen LogP contribution is 2.32. The van der Waals surface area contributed by atoms with E-state index in [9.17, 15) is 31.5 Å². The highest BCUT2D eigenvalue weighted by molar-refractivity contribution is 7.92. The Morgan fingerprint density at radius 3 is 2.38 bits per heavy atom. The van der Waals surface area contributed by atoms with Gasteiger partial charge in [-0.25, -0.2) is 9.78 Å². The summed E-state index contributed by atoms with van der Waals surface area (Å²) in [6, 6.07) is 18.1. The summed E-state index contributed by atoms with van der Waals surface area (Å²) < 4.78 is 72.2. The minimum atomic E-state index is -4.63. The smallest absolute Gasteiger partial charge is 0.417 e. The molecule has 2 heterocycles. The molecule has 0 radical (unpaired) electrons. The van der Waals surface area contributed by atoms with Crippen LogP contribution in [-0.4, -0.2) is 30.6 Å². The maximum absolute atomic E-state index is 12.8. The summed E-state index contributed by atoms with van der Waals surface area (Å²) in [5, 5.41) is 10.2. The number of rotatable bonds is 12. The van der Waals surface area contributed by atoms with Crippen LogP contribution >= 0.6 is 0 Å². The molecule has 0 amide bonds. The molecule has 42 heavy (non-hydrogen) atoms. The number of carbonyl (C=O) groups is 1. The van der Waals surface area contributed by atoms with Crippen molar-refractivity contribution in [2.24, 2.45) is 5.92 Å². The second kappa shape index (κ2) is 13.4. The molecular formula is C31H33F3N2O5S. The van der Waals surface area contributed by atoms with E-state index in [1.807, 2.05) is 25.1 Å². The first-order valence-electron chi connectivity index (χ1n) is 13.8. The van der Waals surface area contributed by atoms with Crippen LogP contribution in [0.25, 0.3) is 0 Å². The van der Waals surface area contributed by atoms with Gasteiger partial charge in [-0.2, -0.15) is 21.6 Å². The lowest BCUT2D eigenvalue weighted by atomic mass is 9.87. The molecule has 2 N–H and O–H groups in total. The average Bonchev–Trinajstić information content (AvgIpc) is 2.95. The standard InChI is InChI=1S/C31H33F3N2O5S/c1-2-22(16-15-21-9-4-3-5-10-21)28-19-27(37)25(30(38)41-28)13-8-12-23-11-6-7-14-26(23)36-42(39,40)29-18-17-24(20-35-29)31(32,33)34/h3-7,9-11,14,17-18,20,22,28,36-37H,2,8,12-13,15-16,19H2,1H3/t22?,28-/m1/s1. The average molecular weight is 603 g/mol. The zero-order chi connectivity index (χ0) is 30.3. The first kappa shape index (κ1) is 31.1. The van der Waals surface area contributed by atoms with Gasteiger partial charge in [0, 0.05) is 12.6 Å². The Morgan fingerprint density at radius 2 is 1.74 bits per heavy atom. The van der Waals surface area contributed by atoms with E-state index in [0.29, 0.717) is 30.7 Å². The van der Waals surface area contributed by atoms with Gasteiger partial charge in [0.25, 0.3) is 10.0 Å². The van der Waals surface area contributed by atoms with Crippen molar-refractivity contribution in [1.82, 2.24) is 4.98 Å². The van der Waals surface area contributed by atoms with Gasteiger partial charge in [-0.05, 0) is 73.8 Å². The number of ether oxygens (including phenoxy) is 1. The highest BCUT2D eigenvalue weighted by atomic mass is 32.2. The molecule has 2 atom stereocenters. The van der Waals surface area contributed by atoms with Gasteiger partial charge in [-0.3, -0.25) is 4.72 Å². The van der Waals surface area contributed by atoms with Crippen molar-refractivity contribution >= 4 is 21.7 Å². The third-order valence-electron chi connectivity index (χ3n) is 7.42. The van der Waals surface area contributed by atoms with E-state index in [2.05, 4.69) is 21.8 Å². The number of para-hydroxylation sites is 1. The summed E-state index contributed by atoms with van der Waals surface area (Å²) in [7, 11) is -4.25. The van der Waals surface area contributed by atoms with Crippen LogP contribution in [0.15, 0.2) is 89.3 Å². The molecule has 3 aromatic rings. The predicted molar refractivity (Wildman–Crippen MR) is 152 cm³/mol. The number of sulfonamides is 1. The van der Waals surface area contributed by atoms with Crippen molar-refractivity contribution < 1.29 is 36.2 Å². The van der Waals surface area contributed by atoms with Crippen LogP contribution in [0, 0.1) is 5.92 Å². The zero-order valence-corrected chi connectivity index (χ0v) is 23.9. The number of aliphatic hydroxyl groups is 1. The van der Waals surface area contributed by atoms with Crippen molar-refractivity contribution in [3.63, 3.8) is 0 Å². The lowest BCUT2D eigenvalue weighted by Crippen LogP contribution is -2.33. The van der Waals surface area contributed by atoms with Gasteiger partial charge in [-0.1, -0.05) is 55.5 Å². The highest BCUT2D eigenvalue weighted by Gasteiger charge is 2.33. The van der Waals surface area contributed by atoms with Gasteiger partial charge in [0.1, 0.15) is 11.9 Å². The van der Waals surface area contributed by atoms with Crippen LogP contribution in [0.4, 0.5) is 18.9 Å². The van der Waals surface area contributed by atoms with Crippen molar-refractivity contribution in [3.8, 4) is 0 Å². The molecule has 7 nitrogen and oxygen atoms in total. The van der Waals surface area contributed by atoms with E-state index in [1.54, 1.807) is 18.2 Å². The number of benzene rings is 2. The Labute approximate surface area is 243 Å². The fraction of sp³-hybridized carbons (Fsp3) is 0.355. The molecule has 0 saturated heterocycles. The second-order valence-corrected chi connectivity index (χ2v) is 11.9. The lowest BCUT2D eigenvalue weighted by Gasteiger charge is -2.30. The Bertz CT molecular complexity index is 1510. The fourth-order valence-electron chi connectivity index (χ4n) is 5.04. The number of pyridine rings is 1. The predicted octanol–water partition coefficient (Wildman–Crippen LogP) is 7.01. The number of aromatic nitrogens is 1. The molecular weight excluding hydrogens is 569 g/mol. The van der Waals surface area contributed by atoms with Crippen LogP contribution in [0.1, 0.15) is 55.7 Å². The van der Waals surface area contributed by atoms with Crippen LogP contribution < -0.4 is 4.72 Å². The van der Waals surface area contributed by atoms with Gasteiger partial charge < -0.3 is 9.84 Å². The summed E-state index contributed by atoms with van der Waals surface area (Å²) in [4.78, 5) is 16.3. The minimum Gasteiger partial charge on any atom is -0.512 e. The van der Waals surface area contributed by atoms with E-state index in [4.69, 9.17) is 4.74 Å². The third kappa shape index (κ3) is 7.90. The van der Waals surface area contributed by atoms with Gasteiger partial charge in [0.2, 0.25) is 0 Å². The molecule has 1 aliphatic rings. The number of nitrogens with one attached hydrogen (secondary N) is 1. The largest absolute Gasteiger partial charge is 0.512 e. The van der Waals surface area contributed by atoms with E-state index < -0.39 is 38.9 Å². The molecule has 1 aromatic heterocycles. The number of hydrogen-bond donors (Lipinski definition) is 2. The molecule has 0 spiro atoms. The van der Waals surface area contributed by atoms with Crippen LogP contribution in [0.3, 0.4) is 0 Å². The van der Waals surface area contributed by atoms with Crippen LogP contribution in [-0.2, 0) is 38.6 Å². The SMILES string of the molecule is CCC(CCc1ccccc1)[C@H]1CC(O)=C(CCCc2ccccc2NS(=O)(=O)c2ccc(C(F)(F)F)cn2)C(=O)O1. The first-order valence-corrected chi connectivity index (χ1v) is 15.3. The molecule has 0 aliphatic carbocycles. The van der Waals surface area contributed by atoms with E-state index in [-0.39, 0.29) is 35.8 Å². The number of aliphatic hydroxyl groups excluding tert-OH is 1. The van der Waals surface area contributed by atoms with Crippen molar-refractivity contribution in [2.75, 3.05) is 4.72 Å². The van der Waals surface area contributed by atoms with Crippen LogP contribution in [0.2, 0.25) is 0 Å².